The highest BCUT2D eigenvalue weighted by Gasteiger charge is 2.46. The highest BCUT2D eigenvalue weighted by molar-refractivity contribution is 6.03. The van der Waals surface area contributed by atoms with Crippen LogP contribution in [0, 0.1) is 0 Å². The number of hydrogen-bond acceptors (Lipinski definition) is 8. The lowest BCUT2D eigenvalue weighted by Gasteiger charge is -2.23. The standard InChI is InChI=1S/C26H22N4O5/c1-26(24(31)27-25(32)34-26)17-7-5-6-16(12-17)14-29-15-30(21-9-4-3-8-20(21)29)23-19-13-18(33-2)10-11-22(19)35-28-23/h3-13H,14-15H2,1-2H3,(H,27,31,32)/t26-/m1/s1. The number of methoxy groups -OCH3 is 1. The van der Waals surface area contributed by atoms with Crippen LogP contribution in [0.25, 0.3) is 11.0 Å². The van der Waals surface area contributed by atoms with Gasteiger partial charge in [-0.15, -0.1) is 0 Å². The number of amides is 2. The number of rotatable bonds is 5. The van der Waals surface area contributed by atoms with Crippen LogP contribution in [0.2, 0.25) is 0 Å². The molecule has 1 atom stereocenters. The lowest BCUT2D eigenvalue weighted by Crippen LogP contribution is -2.33. The summed E-state index contributed by atoms with van der Waals surface area (Å²) in [7, 11) is 1.63. The molecule has 0 bridgehead atoms. The number of para-hydroxylation sites is 2. The Morgan fingerprint density at radius 2 is 1.89 bits per heavy atom. The fourth-order valence-corrected chi connectivity index (χ4v) is 4.67. The first kappa shape index (κ1) is 21.0. The van der Waals surface area contributed by atoms with Crippen LogP contribution in [0.4, 0.5) is 22.0 Å². The third kappa shape index (κ3) is 3.35. The minimum Gasteiger partial charge on any atom is -0.497 e. The Kier molecular flexibility index (Phi) is 4.67. The molecule has 1 saturated heterocycles. The fourth-order valence-electron chi connectivity index (χ4n) is 4.67. The smallest absolute Gasteiger partial charge is 0.415 e. The molecule has 35 heavy (non-hydrogen) atoms. The zero-order valence-corrected chi connectivity index (χ0v) is 19.1. The molecule has 176 valence electrons. The summed E-state index contributed by atoms with van der Waals surface area (Å²) in [5.74, 6) is 0.976. The quantitative estimate of drug-likeness (QED) is 0.458. The monoisotopic (exact) mass is 470 g/mol. The van der Waals surface area contributed by atoms with Crippen LogP contribution in [0.1, 0.15) is 18.1 Å². The first-order chi connectivity index (χ1) is 17.0. The van der Waals surface area contributed by atoms with E-state index in [9.17, 15) is 9.59 Å². The Hall–Kier alpha value is -4.53. The number of carbonyl (C=O) groups is 2. The van der Waals surface area contributed by atoms with Crippen molar-refractivity contribution in [3.05, 3.63) is 77.9 Å². The van der Waals surface area contributed by atoms with Gasteiger partial charge in [-0.3, -0.25) is 10.1 Å². The van der Waals surface area contributed by atoms with E-state index in [-0.39, 0.29) is 0 Å². The fraction of sp³-hybridized carbons (Fsp3) is 0.192. The van der Waals surface area contributed by atoms with Crippen molar-refractivity contribution < 1.29 is 23.6 Å². The minimum absolute atomic E-state index is 0.467. The summed E-state index contributed by atoms with van der Waals surface area (Å²) in [5, 5.41) is 7.44. The zero-order chi connectivity index (χ0) is 24.2. The van der Waals surface area contributed by atoms with Gasteiger partial charge in [0.25, 0.3) is 5.91 Å². The lowest BCUT2D eigenvalue weighted by molar-refractivity contribution is -0.130. The molecular formula is C26H22N4O5. The lowest BCUT2D eigenvalue weighted by atomic mass is 9.94. The summed E-state index contributed by atoms with van der Waals surface area (Å²) in [6.45, 7) is 2.73. The topological polar surface area (TPSA) is 97.1 Å². The molecule has 1 fully saturated rings. The van der Waals surface area contributed by atoms with Gasteiger partial charge < -0.3 is 23.8 Å². The molecule has 2 aliphatic rings. The van der Waals surface area contributed by atoms with Crippen molar-refractivity contribution in [1.29, 1.82) is 0 Å². The van der Waals surface area contributed by atoms with Crippen LogP contribution in [0.5, 0.6) is 5.75 Å². The molecule has 3 heterocycles. The van der Waals surface area contributed by atoms with E-state index in [0.29, 0.717) is 30.2 Å². The molecule has 0 unspecified atom stereocenters. The van der Waals surface area contributed by atoms with Crippen molar-refractivity contribution in [2.24, 2.45) is 0 Å². The molecule has 9 heteroatoms. The summed E-state index contributed by atoms with van der Waals surface area (Å²) < 4.78 is 16.3. The Bertz CT molecular complexity index is 1480. The second-order valence-electron chi connectivity index (χ2n) is 8.70. The van der Waals surface area contributed by atoms with Crippen LogP contribution in [0.3, 0.4) is 0 Å². The summed E-state index contributed by atoms with van der Waals surface area (Å²) in [4.78, 5) is 28.3. The van der Waals surface area contributed by atoms with Crippen molar-refractivity contribution in [2.75, 3.05) is 23.6 Å². The van der Waals surface area contributed by atoms with E-state index in [1.54, 1.807) is 20.1 Å². The first-order valence-electron chi connectivity index (χ1n) is 11.1. The molecule has 1 N–H and O–H groups in total. The van der Waals surface area contributed by atoms with Crippen molar-refractivity contribution in [3.63, 3.8) is 0 Å². The summed E-state index contributed by atoms with van der Waals surface area (Å²) in [5.41, 5.74) is 2.99. The van der Waals surface area contributed by atoms with Gasteiger partial charge in [0.1, 0.15) is 5.75 Å². The van der Waals surface area contributed by atoms with Crippen LogP contribution in [-0.2, 0) is 21.7 Å². The van der Waals surface area contributed by atoms with Gasteiger partial charge in [-0.05, 0) is 48.9 Å². The Morgan fingerprint density at radius 1 is 1.06 bits per heavy atom. The van der Waals surface area contributed by atoms with E-state index in [1.807, 2.05) is 48.5 Å². The third-order valence-electron chi connectivity index (χ3n) is 6.54. The number of alkyl carbamates (subject to hydrolysis) is 1. The number of fused-ring (bicyclic) bond motifs is 2. The number of hydrogen-bond donors (Lipinski definition) is 1. The number of cyclic esters (lactones) is 1. The molecule has 0 aliphatic carbocycles. The van der Waals surface area contributed by atoms with Gasteiger partial charge in [-0.2, -0.15) is 0 Å². The van der Waals surface area contributed by atoms with Gasteiger partial charge in [0.2, 0.25) is 5.60 Å². The van der Waals surface area contributed by atoms with E-state index in [2.05, 4.69) is 32.4 Å². The highest BCUT2D eigenvalue weighted by Crippen LogP contribution is 2.43. The number of aromatic nitrogens is 1. The van der Waals surface area contributed by atoms with E-state index in [4.69, 9.17) is 14.0 Å². The average Bonchev–Trinajstić information content (AvgIpc) is 3.52. The molecule has 0 spiro atoms. The van der Waals surface area contributed by atoms with E-state index in [0.717, 1.165) is 28.1 Å². The predicted molar refractivity (Wildman–Crippen MR) is 129 cm³/mol. The molecule has 2 aliphatic heterocycles. The molecular weight excluding hydrogens is 448 g/mol. The minimum atomic E-state index is -1.35. The van der Waals surface area contributed by atoms with Crippen LogP contribution >= 0.6 is 0 Å². The summed E-state index contributed by atoms with van der Waals surface area (Å²) >= 11 is 0. The number of ether oxygens (including phenoxy) is 2. The van der Waals surface area contributed by atoms with Crippen molar-refractivity contribution in [2.45, 2.75) is 19.1 Å². The Balaban J connectivity index is 1.33. The molecule has 9 nitrogen and oxygen atoms in total. The Labute approximate surface area is 200 Å². The second kappa shape index (κ2) is 7.76. The maximum Gasteiger partial charge on any atom is 0.415 e. The van der Waals surface area contributed by atoms with Crippen molar-refractivity contribution >= 4 is 40.2 Å². The van der Waals surface area contributed by atoms with Crippen LogP contribution in [0.15, 0.2) is 71.3 Å². The number of imide groups is 1. The van der Waals surface area contributed by atoms with Crippen LogP contribution in [-0.4, -0.2) is 30.9 Å². The van der Waals surface area contributed by atoms with Gasteiger partial charge in [0.15, 0.2) is 11.4 Å². The predicted octanol–water partition coefficient (Wildman–Crippen LogP) is 4.43. The molecule has 2 amide bonds. The van der Waals surface area contributed by atoms with Gasteiger partial charge in [0.05, 0.1) is 30.5 Å². The average molecular weight is 470 g/mol. The SMILES string of the molecule is COc1ccc2onc(N3CN(Cc4cccc([C@@]5(C)OC(=O)NC5=O)c4)c4ccccc43)c2c1. The van der Waals surface area contributed by atoms with Crippen molar-refractivity contribution in [1.82, 2.24) is 10.5 Å². The van der Waals surface area contributed by atoms with Crippen molar-refractivity contribution in [3.8, 4) is 5.75 Å². The largest absolute Gasteiger partial charge is 0.497 e. The number of anilines is 3. The maximum atomic E-state index is 12.4. The molecule has 0 saturated carbocycles. The summed E-state index contributed by atoms with van der Waals surface area (Å²) in [6, 6.07) is 21.3. The van der Waals surface area contributed by atoms with Crippen LogP contribution < -0.4 is 19.9 Å². The zero-order valence-electron chi connectivity index (χ0n) is 19.1. The molecule has 6 rings (SSSR count). The third-order valence-corrected chi connectivity index (χ3v) is 6.54. The number of nitrogens with zero attached hydrogens (tertiary/aromatic N) is 3. The van der Waals surface area contributed by atoms with Gasteiger partial charge >= 0.3 is 6.09 Å². The normalized spacial score (nSPS) is 19.1. The highest BCUT2D eigenvalue weighted by atomic mass is 16.6. The number of benzene rings is 3. The first-order valence-corrected chi connectivity index (χ1v) is 11.1. The molecule has 1 aromatic heterocycles. The Morgan fingerprint density at radius 3 is 2.66 bits per heavy atom. The number of carbonyl (C=O) groups excluding carboxylic acids is 2. The maximum absolute atomic E-state index is 12.4. The summed E-state index contributed by atoms with van der Waals surface area (Å²) in [6.07, 6.45) is -0.733. The van der Waals surface area contributed by atoms with E-state index in [1.165, 1.54) is 0 Å². The van der Waals surface area contributed by atoms with Gasteiger partial charge in [-0.1, -0.05) is 35.5 Å². The van der Waals surface area contributed by atoms with E-state index >= 15 is 0 Å². The number of nitrogens with one attached hydrogen (secondary N) is 1. The van der Waals surface area contributed by atoms with Gasteiger partial charge in [0, 0.05) is 12.1 Å². The molecule has 0 radical (unpaired) electrons. The second-order valence-corrected chi connectivity index (χ2v) is 8.70. The van der Waals surface area contributed by atoms with E-state index < -0.39 is 17.6 Å². The molecule has 3 aromatic carbocycles. The molecule has 4 aromatic rings. The van der Waals surface area contributed by atoms with Gasteiger partial charge in [-0.25, -0.2) is 4.79 Å².